The number of nitrogens with zero attached hydrogens (tertiary/aromatic N) is 3. The fourth-order valence-corrected chi connectivity index (χ4v) is 8.79. The van der Waals surface area contributed by atoms with Crippen LogP contribution in [-0.4, -0.2) is 15.0 Å². The van der Waals surface area contributed by atoms with Crippen molar-refractivity contribution >= 4 is 53.4 Å². The molecule has 3 aromatic heterocycles. The second kappa shape index (κ2) is 13.3. The van der Waals surface area contributed by atoms with Gasteiger partial charge in [0.2, 0.25) is 0 Å². The minimum Gasteiger partial charge on any atom is -0.456 e. The topological polar surface area (TPSA) is 51.8 Å². The first-order valence-electron chi connectivity index (χ1n) is 18.7. The predicted molar refractivity (Wildman–Crippen MR) is 233 cm³/mol. The quantitative estimate of drug-likeness (QED) is 0.171. The summed E-state index contributed by atoms with van der Waals surface area (Å²) >= 11 is 1.85. The van der Waals surface area contributed by atoms with Gasteiger partial charge >= 0.3 is 0 Å². The molecule has 0 atom stereocenters. The van der Waals surface area contributed by atoms with Gasteiger partial charge in [-0.2, -0.15) is 0 Å². The Morgan fingerprint density at radius 2 is 0.696 bits per heavy atom. The Labute approximate surface area is 327 Å². The lowest BCUT2D eigenvalue weighted by atomic mass is 9.98. The van der Waals surface area contributed by atoms with Crippen LogP contribution in [0.5, 0.6) is 0 Å². The maximum absolute atomic E-state index is 6.35. The summed E-state index contributed by atoms with van der Waals surface area (Å²) in [5.41, 5.74) is 11.4. The van der Waals surface area contributed by atoms with Crippen LogP contribution < -0.4 is 0 Å². The standard InChI is InChI=1S/C51H31N3OS/c1-3-9-32(10-4-1)33-19-21-37(22-20-33)50-52-49(36-11-5-2-6-12-36)53-51(54-50)40-25-28-46-44(30-40)43-29-38(24-27-45(43)55-46)34-15-17-35(18-16-34)39-23-26-42-41-13-7-8-14-47(41)56-48(42)31-39/h1-31H. The van der Waals surface area contributed by atoms with E-state index < -0.39 is 0 Å². The molecule has 0 fully saturated rings. The first-order valence-corrected chi connectivity index (χ1v) is 19.5. The van der Waals surface area contributed by atoms with Gasteiger partial charge in [0.25, 0.3) is 0 Å². The van der Waals surface area contributed by atoms with E-state index in [1.54, 1.807) is 0 Å². The Morgan fingerprint density at radius 1 is 0.286 bits per heavy atom. The number of hydrogen-bond donors (Lipinski definition) is 0. The van der Waals surface area contributed by atoms with Crippen molar-refractivity contribution in [2.45, 2.75) is 0 Å². The zero-order valence-corrected chi connectivity index (χ0v) is 30.9. The van der Waals surface area contributed by atoms with Gasteiger partial charge in [-0.3, -0.25) is 0 Å². The molecule has 0 aliphatic carbocycles. The van der Waals surface area contributed by atoms with Crippen molar-refractivity contribution in [3.05, 3.63) is 188 Å². The maximum Gasteiger partial charge on any atom is 0.164 e. The van der Waals surface area contributed by atoms with Crippen LogP contribution in [0.2, 0.25) is 0 Å². The third kappa shape index (κ3) is 5.74. The monoisotopic (exact) mass is 733 g/mol. The van der Waals surface area contributed by atoms with Crippen molar-refractivity contribution in [1.82, 2.24) is 15.0 Å². The molecule has 56 heavy (non-hydrogen) atoms. The van der Waals surface area contributed by atoms with Crippen LogP contribution >= 0.6 is 11.3 Å². The minimum atomic E-state index is 0.609. The Hall–Kier alpha value is -7.21. The van der Waals surface area contributed by atoms with Gasteiger partial charge in [0, 0.05) is 47.6 Å². The lowest BCUT2D eigenvalue weighted by Crippen LogP contribution is -2.00. The molecule has 0 radical (unpaired) electrons. The number of thiophene rings is 1. The minimum absolute atomic E-state index is 0.609. The van der Waals surface area contributed by atoms with Crippen molar-refractivity contribution < 1.29 is 4.42 Å². The molecular weight excluding hydrogens is 703 g/mol. The van der Waals surface area contributed by atoms with Gasteiger partial charge in [-0.1, -0.05) is 146 Å². The van der Waals surface area contributed by atoms with Gasteiger partial charge in [0.05, 0.1) is 0 Å². The Kier molecular flexibility index (Phi) is 7.64. The predicted octanol–water partition coefficient (Wildman–Crippen LogP) is 14.1. The van der Waals surface area contributed by atoms with Crippen molar-refractivity contribution in [1.29, 1.82) is 0 Å². The Balaban J connectivity index is 0.953. The first-order chi connectivity index (χ1) is 27.7. The fourth-order valence-electron chi connectivity index (χ4n) is 7.65. The SMILES string of the molecule is c1ccc(-c2ccc(-c3nc(-c4ccccc4)nc(-c4ccc5oc6ccc(-c7ccc(-c8ccc9c(c8)sc8ccccc89)cc7)cc6c5c4)n3)cc2)cc1. The molecule has 0 aliphatic rings. The normalized spacial score (nSPS) is 11.6. The van der Waals surface area contributed by atoms with Crippen LogP contribution in [0, 0.1) is 0 Å². The molecule has 11 aromatic rings. The van der Waals surface area contributed by atoms with E-state index in [1.807, 2.05) is 59.9 Å². The van der Waals surface area contributed by atoms with E-state index in [0.717, 1.165) is 55.3 Å². The average Bonchev–Trinajstić information content (AvgIpc) is 3.84. The molecule has 0 amide bonds. The third-order valence-corrected chi connectivity index (χ3v) is 11.7. The van der Waals surface area contributed by atoms with Crippen molar-refractivity contribution in [2.24, 2.45) is 0 Å². The van der Waals surface area contributed by atoms with Crippen LogP contribution in [0.4, 0.5) is 0 Å². The summed E-state index contributed by atoms with van der Waals surface area (Å²) in [6.07, 6.45) is 0. The molecule has 0 saturated heterocycles. The number of hydrogen-bond acceptors (Lipinski definition) is 5. The highest BCUT2D eigenvalue weighted by Gasteiger charge is 2.16. The van der Waals surface area contributed by atoms with E-state index >= 15 is 0 Å². The van der Waals surface area contributed by atoms with Gasteiger partial charge in [-0.15, -0.1) is 11.3 Å². The van der Waals surface area contributed by atoms with Gasteiger partial charge in [0.1, 0.15) is 11.2 Å². The molecule has 0 aliphatic heterocycles. The summed E-state index contributed by atoms with van der Waals surface area (Å²) in [4.78, 5) is 15.0. The number of furan rings is 1. The van der Waals surface area contributed by atoms with Crippen LogP contribution in [0.25, 0.3) is 110 Å². The van der Waals surface area contributed by atoms with Crippen LogP contribution in [0.3, 0.4) is 0 Å². The number of fused-ring (bicyclic) bond motifs is 6. The van der Waals surface area contributed by atoms with Gasteiger partial charge in [-0.25, -0.2) is 15.0 Å². The molecule has 3 heterocycles. The molecule has 8 aromatic carbocycles. The molecular formula is C51H31N3OS. The van der Waals surface area contributed by atoms with E-state index in [2.05, 4.69) is 140 Å². The highest BCUT2D eigenvalue weighted by Crippen LogP contribution is 2.38. The molecule has 0 spiro atoms. The Morgan fingerprint density at radius 3 is 1.36 bits per heavy atom. The zero-order chi connectivity index (χ0) is 37.0. The molecule has 0 saturated carbocycles. The highest BCUT2D eigenvalue weighted by molar-refractivity contribution is 7.25. The largest absolute Gasteiger partial charge is 0.456 e. The molecule has 4 nitrogen and oxygen atoms in total. The summed E-state index contributed by atoms with van der Waals surface area (Å²) in [5.74, 6) is 1.86. The number of rotatable bonds is 6. The molecule has 0 N–H and O–H groups in total. The molecule has 262 valence electrons. The van der Waals surface area contributed by atoms with E-state index in [0.29, 0.717) is 17.5 Å². The van der Waals surface area contributed by atoms with Gasteiger partial charge in [0.15, 0.2) is 17.5 Å². The van der Waals surface area contributed by atoms with Crippen LogP contribution in [0.1, 0.15) is 0 Å². The molecule has 5 heteroatoms. The summed E-state index contributed by atoms with van der Waals surface area (Å²) in [7, 11) is 0. The lowest BCUT2D eigenvalue weighted by molar-refractivity contribution is 0.669. The number of benzene rings is 8. The summed E-state index contributed by atoms with van der Waals surface area (Å²) in [5, 5.41) is 4.70. The average molecular weight is 734 g/mol. The van der Waals surface area contributed by atoms with E-state index in [9.17, 15) is 0 Å². The van der Waals surface area contributed by atoms with E-state index in [-0.39, 0.29) is 0 Å². The van der Waals surface area contributed by atoms with Crippen LogP contribution in [-0.2, 0) is 0 Å². The van der Waals surface area contributed by atoms with Crippen molar-refractivity contribution in [3.63, 3.8) is 0 Å². The second-order valence-corrected chi connectivity index (χ2v) is 15.1. The Bertz CT molecular complexity index is 3220. The van der Waals surface area contributed by atoms with E-state index in [1.165, 1.54) is 36.9 Å². The number of aromatic nitrogens is 3. The molecule has 0 bridgehead atoms. The zero-order valence-electron chi connectivity index (χ0n) is 30.1. The molecule has 0 unspecified atom stereocenters. The highest BCUT2D eigenvalue weighted by atomic mass is 32.1. The first kappa shape index (κ1) is 32.2. The van der Waals surface area contributed by atoms with Gasteiger partial charge < -0.3 is 4.42 Å². The molecule has 11 rings (SSSR count). The van der Waals surface area contributed by atoms with E-state index in [4.69, 9.17) is 19.4 Å². The maximum atomic E-state index is 6.35. The summed E-state index contributed by atoms with van der Waals surface area (Å²) < 4.78 is 8.98. The van der Waals surface area contributed by atoms with Crippen molar-refractivity contribution in [2.75, 3.05) is 0 Å². The summed E-state index contributed by atoms with van der Waals surface area (Å²) in [6.45, 7) is 0. The third-order valence-electron chi connectivity index (χ3n) is 10.6. The second-order valence-electron chi connectivity index (χ2n) is 14.0. The van der Waals surface area contributed by atoms with Gasteiger partial charge in [-0.05, 0) is 75.8 Å². The summed E-state index contributed by atoms with van der Waals surface area (Å²) in [6, 6.07) is 65.8. The van der Waals surface area contributed by atoms with Crippen LogP contribution in [0.15, 0.2) is 192 Å². The lowest BCUT2D eigenvalue weighted by Gasteiger charge is -2.09. The fraction of sp³-hybridized carbons (Fsp3) is 0. The van der Waals surface area contributed by atoms with Crippen molar-refractivity contribution in [3.8, 4) is 67.5 Å². The smallest absolute Gasteiger partial charge is 0.164 e.